The van der Waals surface area contributed by atoms with E-state index in [9.17, 15) is 5.11 Å². The number of aryl methyl sites for hydroxylation is 1. The van der Waals surface area contributed by atoms with E-state index in [2.05, 4.69) is 26.8 Å². The number of rotatable bonds is 5. The number of phenols is 1. The van der Waals surface area contributed by atoms with E-state index in [1.54, 1.807) is 14.2 Å². The molecule has 3 rings (SSSR count). The van der Waals surface area contributed by atoms with Crippen molar-refractivity contribution in [2.45, 2.75) is 71.0 Å². The molecular formula is C22H34O3. The molecule has 0 bridgehead atoms. The van der Waals surface area contributed by atoms with Gasteiger partial charge in [-0.3, -0.25) is 0 Å². The fraction of sp³-hybridized carbons (Fsp3) is 0.727. The molecule has 0 heterocycles. The Kier molecular flexibility index (Phi) is 5.18. The molecule has 3 heteroatoms. The van der Waals surface area contributed by atoms with Crippen LogP contribution < -0.4 is 0 Å². The molecule has 140 valence electrons. The lowest BCUT2D eigenvalue weighted by molar-refractivity contribution is -0.253. The van der Waals surface area contributed by atoms with Gasteiger partial charge in [0.1, 0.15) is 5.75 Å². The summed E-state index contributed by atoms with van der Waals surface area (Å²) >= 11 is 0. The van der Waals surface area contributed by atoms with Crippen LogP contribution in [0, 0.1) is 17.3 Å². The Balaban J connectivity index is 2.00. The Bertz CT molecular complexity index is 605. The molecule has 1 N–H and O–H groups in total. The van der Waals surface area contributed by atoms with Crippen molar-refractivity contribution in [2.75, 3.05) is 14.2 Å². The number of methoxy groups -OCH3 is 2. The average molecular weight is 347 g/mol. The Morgan fingerprint density at radius 3 is 2.56 bits per heavy atom. The Labute approximate surface area is 152 Å². The Morgan fingerprint density at radius 1 is 1.20 bits per heavy atom. The third-order valence-corrected chi connectivity index (χ3v) is 7.07. The molecule has 3 atom stereocenters. The topological polar surface area (TPSA) is 38.7 Å². The average Bonchev–Trinajstić information content (AvgIpc) is 2.59. The normalized spacial score (nSPS) is 30.8. The lowest BCUT2D eigenvalue weighted by Crippen LogP contribution is -2.52. The van der Waals surface area contributed by atoms with Crippen LogP contribution in [0.4, 0.5) is 0 Å². The van der Waals surface area contributed by atoms with Crippen molar-refractivity contribution in [1.82, 2.24) is 0 Å². The second-order valence-electron chi connectivity index (χ2n) is 8.84. The lowest BCUT2D eigenvalue weighted by atomic mass is 9.52. The third kappa shape index (κ3) is 3.33. The van der Waals surface area contributed by atoms with Gasteiger partial charge in [0.2, 0.25) is 0 Å². The van der Waals surface area contributed by atoms with E-state index in [1.807, 2.05) is 12.1 Å². The molecule has 2 aliphatic rings. The number of hydrogen-bond donors (Lipinski definition) is 1. The molecule has 1 saturated carbocycles. The summed E-state index contributed by atoms with van der Waals surface area (Å²) in [4.78, 5) is 0. The second kappa shape index (κ2) is 6.92. The summed E-state index contributed by atoms with van der Waals surface area (Å²) in [5.74, 6) is 1.62. The van der Waals surface area contributed by atoms with Crippen LogP contribution in [0.25, 0.3) is 0 Å². The minimum atomic E-state index is -0.488. The highest BCUT2D eigenvalue weighted by Crippen LogP contribution is 2.60. The molecular weight excluding hydrogens is 312 g/mol. The maximum Gasteiger partial charge on any atom is 0.168 e. The molecule has 0 amide bonds. The highest BCUT2D eigenvalue weighted by Gasteiger charge is 2.54. The number of fused-ring (bicyclic) bond motifs is 3. The largest absolute Gasteiger partial charge is 0.508 e. The van der Waals surface area contributed by atoms with Crippen molar-refractivity contribution in [3.8, 4) is 5.75 Å². The van der Waals surface area contributed by atoms with Crippen LogP contribution in [0.3, 0.4) is 0 Å². The quantitative estimate of drug-likeness (QED) is 0.739. The van der Waals surface area contributed by atoms with Gasteiger partial charge in [0.15, 0.2) is 5.79 Å². The molecule has 0 radical (unpaired) electrons. The van der Waals surface area contributed by atoms with Gasteiger partial charge in [0.25, 0.3) is 0 Å². The summed E-state index contributed by atoms with van der Waals surface area (Å²) < 4.78 is 11.9. The molecule has 3 unspecified atom stereocenters. The first kappa shape index (κ1) is 18.7. The van der Waals surface area contributed by atoms with E-state index in [0.29, 0.717) is 17.6 Å². The molecule has 0 aromatic heterocycles. The zero-order valence-corrected chi connectivity index (χ0v) is 16.5. The van der Waals surface area contributed by atoms with Crippen LogP contribution in [0.5, 0.6) is 5.75 Å². The third-order valence-electron chi connectivity index (χ3n) is 7.07. The SMILES string of the molecule is COC1(OC)CC(CCC(C)C)C2(C)CCc3cc(O)ccc3C2C1. The van der Waals surface area contributed by atoms with E-state index in [4.69, 9.17) is 9.47 Å². The Morgan fingerprint density at radius 2 is 1.92 bits per heavy atom. The van der Waals surface area contributed by atoms with Crippen LogP contribution in [0.2, 0.25) is 0 Å². The summed E-state index contributed by atoms with van der Waals surface area (Å²) in [5.41, 5.74) is 2.96. The molecule has 0 spiro atoms. The number of ether oxygens (including phenoxy) is 2. The molecule has 1 aromatic carbocycles. The van der Waals surface area contributed by atoms with Gasteiger partial charge >= 0.3 is 0 Å². The van der Waals surface area contributed by atoms with E-state index in [1.165, 1.54) is 30.4 Å². The zero-order valence-electron chi connectivity index (χ0n) is 16.5. The van der Waals surface area contributed by atoms with Gasteiger partial charge in [0.05, 0.1) is 0 Å². The highest BCUT2D eigenvalue weighted by molar-refractivity contribution is 5.41. The summed E-state index contributed by atoms with van der Waals surface area (Å²) in [6.07, 6.45) is 6.59. The minimum Gasteiger partial charge on any atom is -0.508 e. The predicted octanol–water partition coefficient (Wildman–Crippen LogP) is 5.26. The number of aromatic hydroxyl groups is 1. The van der Waals surface area contributed by atoms with Crippen LogP contribution >= 0.6 is 0 Å². The second-order valence-corrected chi connectivity index (χ2v) is 8.84. The number of phenolic OH excluding ortho intramolecular Hbond substituents is 1. The fourth-order valence-corrected chi connectivity index (χ4v) is 5.30. The monoisotopic (exact) mass is 346 g/mol. The van der Waals surface area contributed by atoms with Crippen molar-refractivity contribution >= 4 is 0 Å². The van der Waals surface area contributed by atoms with Crippen molar-refractivity contribution < 1.29 is 14.6 Å². The minimum absolute atomic E-state index is 0.277. The van der Waals surface area contributed by atoms with Gasteiger partial charge in [-0.2, -0.15) is 0 Å². The summed E-state index contributed by atoms with van der Waals surface area (Å²) in [6, 6.07) is 5.92. The first-order chi connectivity index (χ1) is 11.8. The van der Waals surface area contributed by atoms with Gasteiger partial charge in [-0.1, -0.05) is 33.3 Å². The first-order valence-corrected chi connectivity index (χ1v) is 9.75. The van der Waals surface area contributed by atoms with Crippen LogP contribution in [0.15, 0.2) is 18.2 Å². The molecule has 1 fully saturated rings. The van der Waals surface area contributed by atoms with Crippen molar-refractivity contribution in [3.05, 3.63) is 29.3 Å². The first-order valence-electron chi connectivity index (χ1n) is 9.75. The van der Waals surface area contributed by atoms with E-state index >= 15 is 0 Å². The van der Waals surface area contributed by atoms with Crippen molar-refractivity contribution in [2.24, 2.45) is 17.3 Å². The zero-order chi connectivity index (χ0) is 18.2. The standard InChI is InChI=1S/C22H34O3/c1-15(2)6-7-17-13-22(24-4,25-5)14-20-19-9-8-18(23)12-16(19)10-11-21(17,20)3/h8-9,12,15,17,20,23H,6-7,10-11,13-14H2,1-5H3. The van der Waals surface area contributed by atoms with E-state index in [-0.39, 0.29) is 5.41 Å². The Hall–Kier alpha value is -1.06. The summed E-state index contributed by atoms with van der Waals surface area (Å²) in [6.45, 7) is 7.09. The van der Waals surface area contributed by atoms with Gasteiger partial charge < -0.3 is 14.6 Å². The van der Waals surface area contributed by atoms with Crippen molar-refractivity contribution in [3.63, 3.8) is 0 Å². The van der Waals surface area contributed by atoms with Crippen LogP contribution in [-0.4, -0.2) is 25.1 Å². The molecule has 3 nitrogen and oxygen atoms in total. The van der Waals surface area contributed by atoms with Gasteiger partial charge in [-0.05, 0) is 65.7 Å². The van der Waals surface area contributed by atoms with E-state index < -0.39 is 5.79 Å². The van der Waals surface area contributed by atoms with Crippen molar-refractivity contribution in [1.29, 1.82) is 0 Å². The molecule has 0 aliphatic heterocycles. The predicted molar refractivity (Wildman–Crippen MR) is 101 cm³/mol. The van der Waals surface area contributed by atoms with Gasteiger partial charge in [0, 0.05) is 27.1 Å². The summed E-state index contributed by atoms with van der Waals surface area (Å²) in [7, 11) is 3.57. The molecule has 1 aromatic rings. The van der Waals surface area contributed by atoms with Gasteiger partial charge in [-0.15, -0.1) is 0 Å². The lowest BCUT2D eigenvalue weighted by Gasteiger charge is -2.56. The number of benzene rings is 1. The van der Waals surface area contributed by atoms with Gasteiger partial charge in [-0.25, -0.2) is 0 Å². The maximum atomic E-state index is 9.89. The molecule has 2 aliphatic carbocycles. The maximum absolute atomic E-state index is 9.89. The molecule has 25 heavy (non-hydrogen) atoms. The molecule has 0 saturated heterocycles. The number of hydrogen-bond acceptors (Lipinski definition) is 3. The fourth-order valence-electron chi connectivity index (χ4n) is 5.30. The highest BCUT2D eigenvalue weighted by atomic mass is 16.7. The van der Waals surface area contributed by atoms with Crippen LogP contribution in [0.1, 0.15) is 69.9 Å². The smallest absolute Gasteiger partial charge is 0.168 e. The van der Waals surface area contributed by atoms with E-state index in [0.717, 1.165) is 25.2 Å². The summed E-state index contributed by atoms with van der Waals surface area (Å²) in [5, 5.41) is 9.89. The van der Waals surface area contributed by atoms with Crippen LogP contribution in [-0.2, 0) is 15.9 Å².